The van der Waals surface area contributed by atoms with Crippen molar-refractivity contribution in [2.45, 2.75) is 51.0 Å². The van der Waals surface area contributed by atoms with Gasteiger partial charge in [0.05, 0.1) is 0 Å². The lowest BCUT2D eigenvalue weighted by Crippen LogP contribution is -2.32. The van der Waals surface area contributed by atoms with E-state index in [0.717, 1.165) is 12.8 Å². The van der Waals surface area contributed by atoms with Gasteiger partial charge in [-0.3, -0.25) is 4.79 Å². The second-order valence-corrected chi connectivity index (χ2v) is 4.07. The van der Waals surface area contributed by atoms with Crippen LogP contribution in [0.4, 0.5) is 0 Å². The van der Waals surface area contributed by atoms with Crippen molar-refractivity contribution in [3.8, 4) is 0 Å². The summed E-state index contributed by atoms with van der Waals surface area (Å²) in [6.45, 7) is 0. The fourth-order valence-electron chi connectivity index (χ4n) is 1.75. The molecule has 1 fully saturated rings. The zero-order valence-electron chi connectivity index (χ0n) is 8.02. The van der Waals surface area contributed by atoms with E-state index in [4.69, 9.17) is 11.6 Å². The minimum absolute atomic E-state index is 0.206. The number of alkyl halides is 1. The number of rotatable bonds is 5. The molecule has 0 aromatic rings. The average Bonchev–Trinajstić information content (AvgIpc) is 2.57. The number of nitrogens with one attached hydrogen (secondary N) is 1. The highest BCUT2D eigenvalue weighted by molar-refractivity contribution is 6.17. The zero-order valence-corrected chi connectivity index (χ0v) is 8.78. The van der Waals surface area contributed by atoms with Gasteiger partial charge in [0.2, 0.25) is 5.91 Å². The molecule has 13 heavy (non-hydrogen) atoms. The Morgan fingerprint density at radius 2 is 2.00 bits per heavy atom. The van der Waals surface area contributed by atoms with Crippen LogP contribution < -0.4 is 5.32 Å². The molecule has 2 nitrogen and oxygen atoms in total. The van der Waals surface area contributed by atoms with Crippen LogP contribution in [0.1, 0.15) is 44.9 Å². The Kier molecular flexibility index (Phi) is 5.21. The number of hydrogen-bond acceptors (Lipinski definition) is 1. The van der Waals surface area contributed by atoms with E-state index < -0.39 is 0 Å². The van der Waals surface area contributed by atoms with Crippen molar-refractivity contribution < 1.29 is 4.79 Å². The Balaban J connectivity index is 2.02. The van der Waals surface area contributed by atoms with Crippen LogP contribution in [0.2, 0.25) is 0 Å². The van der Waals surface area contributed by atoms with E-state index >= 15 is 0 Å². The van der Waals surface area contributed by atoms with E-state index in [1.807, 2.05) is 0 Å². The van der Waals surface area contributed by atoms with E-state index in [1.54, 1.807) is 0 Å². The molecular formula is C10H18ClNO. The fourth-order valence-corrected chi connectivity index (χ4v) is 1.94. The molecule has 0 spiro atoms. The maximum absolute atomic E-state index is 11.3. The van der Waals surface area contributed by atoms with Gasteiger partial charge in [-0.1, -0.05) is 12.8 Å². The quantitative estimate of drug-likeness (QED) is 0.540. The van der Waals surface area contributed by atoms with Crippen LogP contribution in [0.3, 0.4) is 0 Å². The first-order valence-electron chi connectivity index (χ1n) is 5.18. The topological polar surface area (TPSA) is 29.1 Å². The van der Waals surface area contributed by atoms with Gasteiger partial charge in [0.15, 0.2) is 0 Å². The van der Waals surface area contributed by atoms with Gasteiger partial charge in [-0.2, -0.15) is 0 Å². The van der Waals surface area contributed by atoms with E-state index in [9.17, 15) is 4.79 Å². The standard InChI is InChI=1S/C10H18ClNO/c11-8-4-3-7-10(13)12-9-5-1-2-6-9/h9H,1-8H2,(H,12,13). The fraction of sp³-hybridized carbons (Fsp3) is 0.900. The third-order valence-corrected chi connectivity index (χ3v) is 2.78. The molecule has 0 radical (unpaired) electrons. The summed E-state index contributed by atoms with van der Waals surface area (Å²) in [5.74, 6) is 0.869. The molecule has 0 heterocycles. The lowest BCUT2D eigenvalue weighted by Gasteiger charge is -2.11. The van der Waals surface area contributed by atoms with Crippen molar-refractivity contribution in [2.24, 2.45) is 0 Å². The van der Waals surface area contributed by atoms with Gasteiger partial charge in [0.1, 0.15) is 0 Å². The van der Waals surface area contributed by atoms with E-state index in [0.29, 0.717) is 18.3 Å². The van der Waals surface area contributed by atoms with E-state index in [-0.39, 0.29) is 5.91 Å². The smallest absolute Gasteiger partial charge is 0.220 e. The summed E-state index contributed by atoms with van der Waals surface area (Å²) >= 11 is 5.52. The minimum atomic E-state index is 0.206. The molecule has 1 aliphatic rings. The Hall–Kier alpha value is -0.240. The predicted molar refractivity (Wildman–Crippen MR) is 55.0 cm³/mol. The summed E-state index contributed by atoms with van der Waals surface area (Å²) in [7, 11) is 0. The molecule has 0 aromatic heterocycles. The van der Waals surface area contributed by atoms with Crippen LogP contribution in [0.15, 0.2) is 0 Å². The van der Waals surface area contributed by atoms with Crippen molar-refractivity contribution in [3.05, 3.63) is 0 Å². The maximum atomic E-state index is 11.3. The monoisotopic (exact) mass is 203 g/mol. The third-order valence-electron chi connectivity index (χ3n) is 2.51. The van der Waals surface area contributed by atoms with Crippen LogP contribution in [0, 0.1) is 0 Å². The largest absolute Gasteiger partial charge is 0.353 e. The van der Waals surface area contributed by atoms with Crippen LogP contribution in [0.25, 0.3) is 0 Å². The summed E-state index contributed by atoms with van der Waals surface area (Å²) in [4.78, 5) is 11.3. The molecule has 1 amide bonds. The normalized spacial score (nSPS) is 17.6. The van der Waals surface area contributed by atoms with Crippen LogP contribution >= 0.6 is 11.6 Å². The zero-order chi connectivity index (χ0) is 9.52. The van der Waals surface area contributed by atoms with Gasteiger partial charge < -0.3 is 5.32 Å². The molecular weight excluding hydrogens is 186 g/mol. The second-order valence-electron chi connectivity index (χ2n) is 3.69. The lowest BCUT2D eigenvalue weighted by molar-refractivity contribution is -0.121. The highest BCUT2D eigenvalue weighted by Crippen LogP contribution is 2.17. The van der Waals surface area contributed by atoms with E-state index in [2.05, 4.69) is 5.32 Å². The maximum Gasteiger partial charge on any atom is 0.220 e. The molecule has 76 valence electrons. The Bertz CT molecular complexity index is 155. The Morgan fingerprint density at radius 3 is 2.62 bits per heavy atom. The van der Waals surface area contributed by atoms with E-state index in [1.165, 1.54) is 25.7 Å². The molecule has 0 bridgehead atoms. The van der Waals surface area contributed by atoms with Gasteiger partial charge in [0, 0.05) is 18.3 Å². The SMILES string of the molecule is O=C(CCCCCl)NC1CCCC1. The third kappa shape index (κ3) is 4.51. The summed E-state index contributed by atoms with van der Waals surface area (Å²) in [6, 6.07) is 0.462. The summed E-state index contributed by atoms with van der Waals surface area (Å²) in [6.07, 6.45) is 7.38. The van der Waals surface area contributed by atoms with Gasteiger partial charge in [-0.25, -0.2) is 0 Å². The molecule has 3 heteroatoms. The number of carbonyl (C=O) groups is 1. The van der Waals surface area contributed by atoms with Crippen molar-refractivity contribution in [2.75, 3.05) is 5.88 Å². The summed E-state index contributed by atoms with van der Waals surface area (Å²) < 4.78 is 0. The predicted octanol–water partition coefficient (Wildman–Crippen LogP) is 2.45. The van der Waals surface area contributed by atoms with Crippen molar-refractivity contribution in [1.82, 2.24) is 5.32 Å². The number of unbranched alkanes of at least 4 members (excludes halogenated alkanes) is 1. The molecule has 0 aromatic carbocycles. The number of carbonyl (C=O) groups excluding carboxylic acids is 1. The number of amides is 1. The molecule has 0 aliphatic heterocycles. The second kappa shape index (κ2) is 6.25. The van der Waals surface area contributed by atoms with Crippen molar-refractivity contribution in [1.29, 1.82) is 0 Å². The highest BCUT2D eigenvalue weighted by atomic mass is 35.5. The lowest BCUT2D eigenvalue weighted by atomic mass is 10.2. The summed E-state index contributed by atoms with van der Waals surface area (Å²) in [5, 5.41) is 3.06. The van der Waals surface area contributed by atoms with Gasteiger partial charge in [-0.05, 0) is 25.7 Å². The van der Waals surface area contributed by atoms with Crippen molar-refractivity contribution in [3.63, 3.8) is 0 Å². The van der Waals surface area contributed by atoms with Crippen LogP contribution in [-0.2, 0) is 4.79 Å². The molecule has 1 rings (SSSR count). The Labute approximate surface area is 85.0 Å². The van der Waals surface area contributed by atoms with Gasteiger partial charge in [-0.15, -0.1) is 11.6 Å². The van der Waals surface area contributed by atoms with Crippen molar-refractivity contribution >= 4 is 17.5 Å². The number of halogens is 1. The first-order valence-corrected chi connectivity index (χ1v) is 5.71. The molecule has 0 unspecified atom stereocenters. The average molecular weight is 204 g/mol. The Morgan fingerprint density at radius 1 is 1.31 bits per heavy atom. The van der Waals surface area contributed by atoms with Crippen LogP contribution in [0.5, 0.6) is 0 Å². The highest BCUT2D eigenvalue weighted by Gasteiger charge is 2.16. The van der Waals surface area contributed by atoms with Crippen LogP contribution in [-0.4, -0.2) is 17.8 Å². The molecule has 1 N–H and O–H groups in total. The molecule has 1 aliphatic carbocycles. The molecule has 0 atom stereocenters. The molecule has 0 saturated heterocycles. The molecule has 1 saturated carbocycles. The van der Waals surface area contributed by atoms with Gasteiger partial charge >= 0.3 is 0 Å². The minimum Gasteiger partial charge on any atom is -0.353 e. The first kappa shape index (κ1) is 10.8. The summed E-state index contributed by atoms with van der Waals surface area (Å²) in [5.41, 5.74) is 0. The van der Waals surface area contributed by atoms with Gasteiger partial charge in [0.25, 0.3) is 0 Å². The number of hydrogen-bond donors (Lipinski definition) is 1. The first-order chi connectivity index (χ1) is 6.33.